The Morgan fingerprint density at radius 1 is 1.69 bits per heavy atom. The van der Waals surface area contributed by atoms with Gasteiger partial charge in [0, 0.05) is 25.2 Å². The van der Waals surface area contributed by atoms with Crippen molar-refractivity contribution in [1.29, 1.82) is 0 Å². The molecule has 0 saturated carbocycles. The highest BCUT2D eigenvalue weighted by molar-refractivity contribution is 7.09. The van der Waals surface area contributed by atoms with Gasteiger partial charge < -0.3 is 9.64 Å². The Morgan fingerprint density at radius 3 is 3.25 bits per heavy atom. The van der Waals surface area contributed by atoms with E-state index in [0.717, 1.165) is 24.4 Å². The zero-order valence-corrected chi connectivity index (χ0v) is 10.2. The second-order valence-electron chi connectivity index (χ2n) is 3.90. The summed E-state index contributed by atoms with van der Waals surface area (Å²) in [6.45, 7) is 0.994. The number of carbonyl (C=O) groups excluding carboxylic acids is 1. The van der Waals surface area contributed by atoms with Gasteiger partial charge in [-0.1, -0.05) is 0 Å². The first-order valence-corrected chi connectivity index (χ1v) is 6.38. The lowest BCUT2D eigenvalue weighted by molar-refractivity contribution is -0.139. The Hall–Kier alpha value is -0.940. The van der Waals surface area contributed by atoms with Crippen LogP contribution in [0.15, 0.2) is 11.6 Å². The zero-order chi connectivity index (χ0) is 11.4. The van der Waals surface area contributed by atoms with Gasteiger partial charge in [0.1, 0.15) is 11.6 Å². The van der Waals surface area contributed by atoms with Crippen molar-refractivity contribution in [1.82, 2.24) is 9.88 Å². The fraction of sp³-hybridized carbons (Fsp3) is 0.636. The summed E-state index contributed by atoms with van der Waals surface area (Å²) < 4.78 is 4.91. The molecular formula is C11H16N2O2S. The molecule has 1 atom stereocenters. The normalized spacial score (nSPS) is 21.1. The Kier molecular flexibility index (Phi) is 3.90. The van der Waals surface area contributed by atoms with Gasteiger partial charge in [0.15, 0.2) is 0 Å². The molecule has 0 N–H and O–H groups in total. The molecule has 1 aromatic rings. The van der Waals surface area contributed by atoms with Crippen LogP contribution < -0.4 is 0 Å². The van der Waals surface area contributed by atoms with Crippen LogP contribution in [0.1, 0.15) is 30.3 Å². The standard InChI is InChI=1S/C11H16N2O2S/c1-15-8-10(14)13-6-3-2-4-9(13)11-12-5-7-16-11/h5,7,9H,2-4,6,8H2,1H3/t9-/m1/s1. The van der Waals surface area contributed by atoms with Crippen LogP contribution in [0.2, 0.25) is 0 Å². The Balaban J connectivity index is 2.11. The minimum absolute atomic E-state index is 0.0717. The molecule has 0 bridgehead atoms. The third kappa shape index (κ3) is 2.41. The van der Waals surface area contributed by atoms with Crippen molar-refractivity contribution in [3.05, 3.63) is 16.6 Å². The van der Waals surface area contributed by atoms with Gasteiger partial charge in [0.05, 0.1) is 6.04 Å². The average molecular weight is 240 g/mol. The summed E-state index contributed by atoms with van der Waals surface area (Å²) in [7, 11) is 1.56. The molecule has 0 spiro atoms. The number of thiazole rings is 1. The van der Waals surface area contributed by atoms with Crippen molar-refractivity contribution in [2.75, 3.05) is 20.3 Å². The number of likely N-dealkylation sites (tertiary alicyclic amines) is 1. The summed E-state index contributed by atoms with van der Waals surface area (Å²) in [5, 5.41) is 3.01. The van der Waals surface area contributed by atoms with E-state index in [0.29, 0.717) is 0 Å². The summed E-state index contributed by atoms with van der Waals surface area (Å²) in [6.07, 6.45) is 5.06. The van der Waals surface area contributed by atoms with Crippen molar-refractivity contribution < 1.29 is 9.53 Å². The fourth-order valence-electron chi connectivity index (χ4n) is 2.09. The van der Waals surface area contributed by atoms with Gasteiger partial charge in [-0.15, -0.1) is 11.3 Å². The first-order chi connectivity index (χ1) is 7.83. The number of hydrogen-bond donors (Lipinski definition) is 0. The highest BCUT2D eigenvalue weighted by atomic mass is 32.1. The quantitative estimate of drug-likeness (QED) is 0.809. The number of nitrogens with zero attached hydrogens (tertiary/aromatic N) is 2. The maximum Gasteiger partial charge on any atom is 0.249 e. The third-order valence-electron chi connectivity index (χ3n) is 2.83. The Labute approximate surface area is 99.2 Å². The average Bonchev–Trinajstić information content (AvgIpc) is 2.83. The van der Waals surface area contributed by atoms with Crippen molar-refractivity contribution in [3.8, 4) is 0 Å². The molecular weight excluding hydrogens is 224 g/mol. The molecule has 1 amide bonds. The molecule has 5 heteroatoms. The molecule has 0 radical (unpaired) electrons. The monoisotopic (exact) mass is 240 g/mol. The third-order valence-corrected chi connectivity index (χ3v) is 3.70. The molecule has 0 aromatic carbocycles. The number of methoxy groups -OCH3 is 1. The molecule has 2 rings (SSSR count). The highest BCUT2D eigenvalue weighted by Gasteiger charge is 2.29. The number of hydrogen-bond acceptors (Lipinski definition) is 4. The van der Waals surface area contributed by atoms with Gasteiger partial charge in [-0.2, -0.15) is 0 Å². The van der Waals surface area contributed by atoms with Crippen molar-refractivity contribution in [2.24, 2.45) is 0 Å². The second-order valence-corrected chi connectivity index (χ2v) is 4.83. The first kappa shape index (κ1) is 11.5. The van der Waals surface area contributed by atoms with E-state index in [1.165, 1.54) is 6.42 Å². The Bertz CT molecular complexity index is 340. The van der Waals surface area contributed by atoms with Crippen LogP contribution in [0.4, 0.5) is 0 Å². The van der Waals surface area contributed by atoms with E-state index < -0.39 is 0 Å². The van der Waals surface area contributed by atoms with Gasteiger partial charge in [-0.25, -0.2) is 4.98 Å². The molecule has 1 aliphatic rings. The van der Waals surface area contributed by atoms with Gasteiger partial charge in [-0.3, -0.25) is 4.79 Å². The van der Waals surface area contributed by atoms with Crippen LogP contribution in [0.3, 0.4) is 0 Å². The molecule has 1 aromatic heterocycles. The van der Waals surface area contributed by atoms with Gasteiger partial charge in [-0.05, 0) is 19.3 Å². The van der Waals surface area contributed by atoms with Crippen molar-refractivity contribution >= 4 is 17.2 Å². The van der Waals surface area contributed by atoms with Gasteiger partial charge in [0.2, 0.25) is 5.91 Å². The lowest BCUT2D eigenvalue weighted by Gasteiger charge is -2.34. The van der Waals surface area contributed by atoms with Gasteiger partial charge in [0.25, 0.3) is 0 Å². The van der Waals surface area contributed by atoms with Crippen LogP contribution in [-0.2, 0) is 9.53 Å². The minimum atomic E-state index is 0.0717. The summed E-state index contributed by atoms with van der Waals surface area (Å²) in [5.41, 5.74) is 0. The molecule has 88 valence electrons. The van der Waals surface area contributed by atoms with Crippen LogP contribution >= 0.6 is 11.3 Å². The number of rotatable bonds is 3. The van der Waals surface area contributed by atoms with Crippen LogP contribution in [0.5, 0.6) is 0 Å². The maximum absolute atomic E-state index is 11.9. The van der Waals surface area contributed by atoms with Crippen LogP contribution in [-0.4, -0.2) is 36.1 Å². The van der Waals surface area contributed by atoms with Crippen LogP contribution in [0.25, 0.3) is 0 Å². The molecule has 4 nitrogen and oxygen atoms in total. The predicted octanol–water partition coefficient (Wildman–Crippen LogP) is 1.84. The van der Waals surface area contributed by atoms with Crippen molar-refractivity contribution in [2.45, 2.75) is 25.3 Å². The largest absolute Gasteiger partial charge is 0.375 e. The minimum Gasteiger partial charge on any atom is -0.375 e. The number of carbonyl (C=O) groups is 1. The van der Waals surface area contributed by atoms with Gasteiger partial charge >= 0.3 is 0 Å². The predicted molar refractivity (Wildman–Crippen MR) is 62.3 cm³/mol. The van der Waals surface area contributed by atoms with E-state index in [-0.39, 0.29) is 18.6 Å². The maximum atomic E-state index is 11.9. The molecule has 16 heavy (non-hydrogen) atoms. The summed E-state index contributed by atoms with van der Waals surface area (Å²) in [5.74, 6) is 0.0717. The molecule has 2 heterocycles. The SMILES string of the molecule is COCC(=O)N1CCCC[C@@H]1c1nccs1. The van der Waals surface area contributed by atoms with E-state index in [2.05, 4.69) is 4.98 Å². The highest BCUT2D eigenvalue weighted by Crippen LogP contribution is 2.31. The molecule has 0 aliphatic carbocycles. The van der Waals surface area contributed by atoms with E-state index in [1.807, 2.05) is 10.3 Å². The smallest absolute Gasteiger partial charge is 0.249 e. The number of piperidine rings is 1. The molecule has 1 aliphatic heterocycles. The molecule has 0 unspecified atom stereocenters. The zero-order valence-electron chi connectivity index (χ0n) is 9.39. The molecule has 1 fully saturated rings. The topological polar surface area (TPSA) is 42.4 Å². The Morgan fingerprint density at radius 2 is 2.56 bits per heavy atom. The lowest BCUT2D eigenvalue weighted by Crippen LogP contribution is -2.40. The summed E-state index contributed by atoms with van der Waals surface area (Å²) in [4.78, 5) is 18.1. The number of amides is 1. The first-order valence-electron chi connectivity index (χ1n) is 5.50. The van der Waals surface area contributed by atoms with Crippen molar-refractivity contribution in [3.63, 3.8) is 0 Å². The van der Waals surface area contributed by atoms with Crippen LogP contribution in [0, 0.1) is 0 Å². The summed E-state index contributed by atoms with van der Waals surface area (Å²) in [6, 6.07) is 0.163. The summed E-state index contributed by atoms with van der Waals surface area (Å²) >= 11 is 1.62. The second kappa shape index (κ2) is 5.41. The van der Waals surface area contributed by atoms with E-state index >= 15 is 0 Å². The van der Waals surface area contributed by atoms with E-state index in [9.17, 15) is 4.79 Å². The fourth-order valence-corrected chi connectivity index (χ4v) is 2.88. The van der Waals surface area contributed by atoms with E-state index in [4.69, 9.17) is 4.74 Å². The molecule has 1 saturated heterocycles. The lowest BCUT2D eigenvalue weighted by atomic mass is 10.0. The van der Waals surface area contributed by atoms with E-state index in [1.54, 1.807) is 24.6 Å². The number of ether oxygens (including phenoxy) is 1. The number of aromatic nitrogens is 1.